The number of hydrogen-bond donors (Lipinski definition) is 1. The average molecular weight is 414 g/mol. The lowest BCUT2D eigenvalue weighted by atomic mass is 10.0. The molecule has 0 saturated carbocycles. The van der Waals surface area contributed by atoms with Crippen LogP contribution in [0.2, 0.25) is 0 Å². The summed E-state index contributed by atoms with van der Waals surface area (Å²) in [4.78, 5) is 24.0. The normalized spacial score (nSPS) is 10.4. The number of carbonyl (C=O) groups is 2. The van der Waals surface area contributed by atoms with Gasteiger partial charge < -0.3 is 10.1 Å². The number of aromatic nitrogens is 2. The summed E-state index contributed by atoms with van der Waals surface area (Å²) >= 11 is 3.41. The van der Waals surface area contributed by atoms with Crippen LogP contribution in [-0.4, -0.2) is 28.8 Å². The molecular formula is C19H16BrN3O3. The molecule has 0 radical (unpaired) electrons. The predicted molar refractivity (Wildman–Crippen MR) is 102 cm³/mol. The van der Waals surface area contributed by atoms with E-state index in [1.807, 2.05) is 36.4 Å². The van der Waals surface area contributed by atoms with E-state index in [4.69, 9.17) is 0 Å². The summed E-state index contributed by atoms with van der Waals surface area (Å²) in [7, 11) is 2.90. The van der Waals surface area contributed by atoms with Crippen LogP contribution < -0.4 is 5.32 Å². The fourth-order valence-electron chi connectivity index (χ4n) is 2.47. The minimum absolute atomic E-state index is 0.258. The maximum absolute atomic E-state index is 12.4. The van der Waals surface area contributed by atoms with Crippen LogP contribution in [-0.2, 0) is 11.8 Å². The number of nitrogens with zero attached hydrogens (tertiary/aromatic N) is 2. The van der Waals surface area contributed by atoms with Gasteiger partial charge in [-0.2, -0.15) is 5.10 Å². The lowest BCUT2D eigenvalue weighted by Crippen LogP contribution is -2.12. The first-order valence-electron chi connectivity index (χ1n) is 7.77. The van der Waals surface area contributed by atoms with Crippen LogP contribution in [0.25, 0.3) is 11.1 Å². The van der Waals surface area contributed by atoms with Crippen LogP contribution in [0.3, 0.4) is 0 Å². The Balaban J connectivity index is 1.74. The van der Waals surface area contributed by atoms with E-state index in [1.165, 1.54) is 17.9 Å². The molecule has 0 atom stereocenters. The summed E-state index contributed by atoms with van der Waals surface area (Å²) in [6.45, 7) is 0. The maximum atomic E-state index is 12.4. The maximum Gasteiger partial charge on any atom is 0.356 e. The number of rotatable bonds is 4. The van der Waals surface area contributed by atoms with Gasteiger partial charge in [-0.25, -0.2) is 4.79 Å². The van der Waals surface area contributed by atoms with Crippen molar-refractivity contribution in [3.8, 4) is 11.1 Å². The molecule has 7 heteroatoms. The van der Waals surface area contributed by atoms with E-state index in [0.29, 0.717) is 5.56 Å². The Morgan fingerprint density at radius 3 is 2.19 bits per heavy atom. The topological polar surface area (TPSA) is 73.2 Å². The van der Waals surface area contributed by atoms with Gasteiger partial charge in [-0.1, -0.05) is 40.2 Å². The Kier molecular flexibility index (Phi) is 5.18. The number of carbonyl (C=O) groups excluding carboxylic acids is 2. The molecule has 0 aliphatic carbocycles. The van der Waals surface area contributed by atoms with Crippen molar-refractivity contribution in [3.05, 3.63) is 70.3 Å². The van der Waals surface area contributed by atoms with Crippen molar-refractivity contribution in [1.29, 1.82) is 0 Å². The number of esters is 1. The quantitative estimate of drug-likeness (QED) is 0.658. The van der Waals surface area contributed by atoms with Gasteiger partial charge in [0.1, 0.15) is 5.69 Å². The van der Waals surface area contributed by atoms with Crippen molar-refractivity contribution >= 4 is 33.6 Å². The van der Waals surface area contributed by atoms with Gasteiger partial charge in [0.2, 0.25) is 0 Å². The highest BCUT2D eigenvalue weighted by molar-refractivity contribution is 9.10. The molecule has 0 fully saturated rings. The van der Waals surface area contributed by atoms with Crippen molar-refractivity contribution in [3.63, 3.8) is 0 Å². The summed E-state index contributed by atoms with van der Waals surface area (Å²) in [6.07, 6.45) is 0. The Hall–Kier alpha value is -2.93. The van der Waals surface area contributed by atoms with Gasteiger partial charge in [-0.3, -0.25) is 9.48 Å². The first kappa shape index (κ1) is 17.9. The van der Waals surface area contributed by atoms with E-state index in [2.05, 4.69) is 31.1 Å². The first-order valence-corrected chi connectivity index (χ1v) is 8.57. The molecule has 0 spiro atoms. The zero-order valence-electron chi connectivity index (χ0n) is 14.2. The van der Waals surface area contributed by atoms with Gasteiger partial charge in [-0.05, 0) is 35.4 Å². The monoisotopic (exact) mass is 413 g/mol. The minimum Gasteiger partial charge on any atom is -0.464 e. The highest BCUT2D eigenvalue weighted by atomic mass is 79.9. The molecule has 2 aromatic carbocycles. The number of halogens is 1. The first-order chi connectivity index (χ1) is 12.5. The summed E-state index contributed by atoms with van der Waals surface area (Å²) in [5.41, 5.74) is 2.83. The van der Waals surface area contributed by atoms with Crippen LogP contribution in [0, 0.1) is 0 Å². The van der Waals surface area contributed by atoms with Crippen LogP contribution in [0.5, 0.6) is 0 Å². The minimum atomic E-state index is -0.514. The summed E-state index contributed by atoms with van der Waals surface area (Å²) in [5, 5.41) is 6.78. The van der Waals surface area contributed by atoms with Crippen LogP contribution in [0.1, 0.15) is 20.8 Å². The van der Waals surface area contributed by atoms with E-state index >= 15 is 0 Å². The second-order valence-electron chi connectivity index (χ2n) is 5.57. The third kappa shape index (κ3) is 3.83. The summed E-state index contributed by atoms with van der Waals surface area (Å²) in [6, 6.07) is 16.7. The molecule has 1 aromatic heterocycles. The van der Waals surface area contributed by atoms with Crippen LogP contribution in [0.4, 0.5) is 5.82 Å². The number of nitrogens with one attached hydrogen (secondary N) is 1. The Morgan fingerprint density at radius 1 is 1.04 bits per heavy atom. The number of ether oxygens (including phenoxy) is 1. The number of methoxy groups -OCH3 is 1. The lowest BCUT2D eigenvalue weighted by Gasteiger charge is -2.05. The number of aryl methyl sites for hydroxylation is 1. The van der Waals surface area contributed by atoms with Crippen molar-refractivity contribution < 1.29 is 14.3 Å². The molecule has 1 N–H and O–H groups in total. The van der Waals surface area contributed by atoms with E-state index in [9.17, 15) is 9.59 Å². The number of amides is 1. The highest BCUT2D eigenvalue weighted by Gasteiger charge is 2.15. The van der Waals surface area contributed by atoms with Crippen molar-refractivity contribution in [1.82, 2.24) is 9.78 Å². The van der Waals surface area contributed by atoms with Gasteiger partial charge in [0.05, 0.1) is 7.11 Å². The van der Waals surface area contributed by atoms with Crippen molar-refractivity contribution in [2.75, 3.05) is 12.4 Å². The summed E-state index contributed by atoms with van der Waals surface area (Å²) in [5.74, 6) is -0.531. The standard InChI is InChI=1S/C19H16BrN3O3/c1-23-16(19(25)26-2)11-17(22-23)21-18(24)14-5-3-12(4-6-14)13-7-9-15(20)10-8-13/h3-11H,1-2H3,(H,21,22,24). The molecule has 1 heterocycles. The zero-order valence-corrected chi connectivity index (χ0v) is 15.8. The molecule has 3 aromatic rings. The number of hydrogen-bond acceptors (Lipinski definition) is 4. The second kappa shape index (κ2) is 7.53. The van der Waals surface area contributed by atoms with Gasteiger partial charge in [0.15, 0.2) is 5.82 Å². The molecule has 1 amide bonds. The van der Waals surface area contributed by atoms with E-state index < -0.39 is 5.97 Å². The van der Waals surface area contributed by atoms with E-state index in [0.717, 1.165) is 15.6 Å². The smallest absolute Gasteiger partial charge is 0.356 e. The molecule has 3 rings (SSSR count). The van der Waals surface area contributed by atoms with Crippen molar-refractivity contribution in [2.45, 2.75) is 0 Å². The molecular weight excluding hydrogens is 398 g/mol. The number of benzene rings is 2. The van der Waals surface area contributed by atoms with E-state index in [-0.39, 0.29) is 17.4 Å². The average Bonchev–Trinajstić information content (AvgIpc) is 3.02. The molecule has 0 aliphatic heterocycles. The molecule has 0 saturated heterocycles. The Labute approximate surface area is 158 Å². The third-order valence-electron chi connectivity index (χ3n) is 3.84. The Bertz CT molecular complexity index is 947. The highest BCUT2D eigenvalue weighted by Crippen LogP contribution is 2.22. The largest absolute Gasteiger partial charge is 0.464 e. The fraction of sp³-hybridized carbons (Fsp3) is 0.105. The third-order valence-corrected chi connectivity index (χ3v) is 4.37. The van der Waals surface area contributed by atoms with Crippen LogP contribution >= 0.6 is 15.9 Å². The fourth-order valence-corrected chi connectivity index (χ4v) is 2.73. The molecule has 26 heavy (non-hydrogen) atoms. The van der Waals surface area contributed by atoms with Gasteiger partial charge in [0.25, 0.3) is 5.91 Å². The molecule has 0 unspecified atom stereocenters. The molecule has 6 nitrogen and oxygen atoms in total. The molecule has 132 valence electrons. The zero-order chi connectivity index (χ0) is 18.7. The summed E-state index contributed by atoms with van der Waals surface area (Å²) < 4.78 is 7.04. The van der Waals surface area contributed by atoms with E-state index in [1.54, 1.807) is 19.2 Å². The van der Waals surface area contributed by atoms with Gasteiger partial charge >= 0.3 is 5.97 Å². The van der Waals surface area contributed by atoms with Gasteiger partial charge in [-0.15, -0.1) is 0 Å². The Morgan fingerprint density at radius 2 is 1.62 bits per heavy atom. The molecule has 0 aliphatic rings. The lowest BCUT2D eigenvalue weighted by molar-refractivity contribution is 0.0588. The predicted octanol–water partition coefficient (Wildman–Crippen LogP) is 3.89. The van der Waals surface area contributed by atoms with Crippen molar-refractivity contribution in [2.24, 2.45) is 7.05 Å². The van der Waals surface area contributed by atoms with Gasteiger partial charge in [0, 0.05) is 23.2 Å². The molecule has 0 bridgehead atoms. The number of anilines is 1. The second-order valence-corrected chi connectivity index (χ2v) is 6.48. The van der Waals surface area contributed by atoms with Crippen LogP contribution in [0.15, 0.2) is 59.1 Å². The SMILES string of the molecule is COC(=O)c1cc(NC(=O)c2ccc(-c3ccc(Br)cc3)cc2)nn1C.